The predicted molar refractivity (Wildman–Crippen MR) is 136 cm³/mol. The van der Waals surface area contributed by atoms with Crippen molar-refractivity contribution >= 4 is 23.4 Å². The number of nitrogens with zero attached hydrogens (tertiary/aromatic N) is 5. The average Bonchev–Trinajstić information content (AvgIpc) is 3.48. The molecule has 7 nitrogen and oxygen atoms in total. The molecule has 0 unspecified atom stereocenters. The molecule has 0 bridgehead atoms. The molecule has 0 fully saturated rings. The highest BCUT2D eigenvalue weighted by Gasteiger charge is 2.18. The molecular weight excluding hydrogens is 446 g/mol. The molecule has 1 amide bonds. The topological polar surface area (TPSA) is 67.4 Å². The van der Waals surface area contributed by atoms with Crippen molar-refractivity contribution in [1.29, 1.82) is 0 Å². The van der Waals surface area contributed by atoms with Crippen LogP contribution in [0.5, 0.6) is 0 Å². The molecule has 2 heterocycles. The lowest BCUT2D eigenvalue weighted by atomic mass is 10.1. The van der Waals surface area contributed by atoms with Crippen molar-refractivity contribution in [3.05, 3.63) is 83.8 Å². The zero-order chi connectivity index (χ0) is 24.1. The molecule has 0 radical (unpaired) electrons. The van der Waals surface area contributed by atoms with Gasteiger partial charge in [0.25, 0.3) is 0 Å². The minimum atomic E-state index is 0.0336. The van der Waals surface area contributed by atoms with Crippen LogP contribution in [0.15, 0.2) is 76.5 Å². The van der Waals surface area contributed by atoms with Gasteiger partial charge in [0.15, 0.2) is 11.0 Å². The van der Waals surface area contributed by atoms with Gasteiger partial charge in [-0.2, -0.15) is 0 Å². The first-order chi connectivity index (χ1) is 16.4. The number of hydrogen-bond donors (Lipinski definition) is 0. The quantitative estimate of drug-likeness (QED) is 0.327. The van der Waals surface area contributed by atoms with E-state index in [0.717, 1.165) is 34.0 Å². The minimum absolute atomic E-state index is 0.0336. The molecule has 0 saturated carbocycles. The number of rotatable bonds is 9. The lowest BCUT2D eigenvalue weighted by Gasteiger charge is -2.18. The summed E-state index contributed by atoms with van der Waals surface area (Å²) in [6, 6.07) is 20.2. The number of thioether (sulfide) groups is 1. The van der Waals surface area contributed by atoms with Crippen LogP contribution in [0.3, 0.4) is 0 Å². The van der Waals surface area contributed by atoms with Crippen LogP contribution in [0, 0.1) is 6.92 Å². The van der Waals surface area contributed by atoms with Gasteiger partial charge in [-0.1, -0.05) is 47.7 Å². The highest BCUT2D eigenvalue weighted by atomic mass is 32.2. The van der Waals surface area contributed by atoms with E-state index in [-0.39, 0.29) is 11.7 Å². The van der Waals surface area contributed by atoms with E-state index in [1.54, 1.807) is 11.2 Å². The second kappa shape index (κ2) is 10.6. The molecule has 34 heavy (non-hydrogen) atoms. The molecular formula is C26H29N5O2S. The summed E-state index contributed by atoms with van der Waals surface area (Å²) in [4.78, 5) is 16.7. The zero-order valence-electron chi connectivity index (χ0n) is 19.9. The highest BCUT2D eigenvalue weighted by Crippen LogP contribution is 2.26. The molecule has 4 aromatic rings. The van der Waals surface area contributed by atoms with Crippen LogP contribution in [-0.2, 0) is 17.9 Å². The molecule has 4 rings (SSSR count). The van der Waals surface area contributed by atoms with Gasteiger partial charge in [0.2, 0.25) is 5.91 Å². The van der Waals surface area contributed by atoms with Gasteiger partial charge in [-0.3, -0.25) is 9.36 Å². The Hall–Kier alpha value is -3.52. The number of benzene rings is 2. The number of aryl methyl sites for hydroxylation is 1. The van der Waals surface area contributed by atoms with E-state index in [0.29, 0.717) is 18.2 Å². The van der Waals surface area contributed by atoms with Gasteiger partial charge >= 0.3 is 0 Å². The largest absolute Gasteiger partial charge is 0.467 e. The number of amides is 1. The molecule has 0 spiro atoms. The molecule has 2 aromatic heterocycles. The van der Waals surface area contributed by atoms with E-state index in [4.69, 9.17) is 4.42 Å². The Labute approximate surface area is 204 Å². The third-order valence-electron chi connectivity index (χ3n) is 5.51. The Balaban J connectivity index is 1.46. The number of carbonyl (C=O) groups is 1. The zero-order valence-corrected chi connectivity index (χ0v) is 20.7. The van der Waals surface area contributed by atoms with Crippen LogP contribution in [-0.4, -0.2) is 52.5 Å². The maximum Gasteiger partial charge on any atom is 0.233 e. The van der Waals surface area contributed by atoms with Gasteiger partial charge in [-0.15, -0.1) is 10.2 Å². The van der Waals surface area contributed by atoms with E-state index in [1.807, 2.05) is 50.0 Å². The first-order valence-electron chi connectivity index (χ1n) is 11.1. The minimum Gasteiger partial charge on any atom is -0.467 e. The fraction of sp³-hybridized carbons (Fsp3) is 0.269. The van der Waals surface area contributed by atoms with Crippen molar-refractivity contribution < 1.29 is 9.21 Å². The third-order valence-corrected chi connectivity index (χ3v) is 6.46. The van der Waals surface area contributed by atoms with E-state index < -0.39 is 0 Å². The van der Waals surface area contributed by atoms with Crippen LogP contribution in [0.25, 0.3) is 11.4 Å². The SMILES string of the molecule is Cc1cccc(-c2nnc(SCC(=O)N(C)Cc3ccc(N(C)C)cc3)n2Cc2ccco2)c1. The van der Waals surface area contributed by atoms with Crippen LogP contribution >= 0.6 is 11.8 Å². The van der Waals surface area contributed by atoms with Crippen LogP contribution in [0.4, 0.5) is 5.69 Å². The smallest absolute Gasteiger partial charge is 0.233 e. The maximum absolute atomic E-state index is 12.9. The van der Waals surface area contributed by atoms with E-state index in [9.17, 15) is 4.79 Å². The number of aromatic nitrogens is 3. The normalized spacial score (nSPS) is 10.9. The molecule has 0 aliphatic rings. The third kappa shape index (κ3) is 5.69. The summed E-state index contributed by atoms with van der Waals surface area (Å²) in [5.41, 5.74) is 4.35. The monoisotopic (exact) mass is 475 g/mol. The van der Waals surface area contributed by atoms with E-state index in [1.165, 1.54) is 11.8 Å². The Morgan fingerprint density at radius 3 is 2.50 bits per heavy atom. The fourth-order valence-corrected chi connectivity index (χ4v) is 4.47. The highest BCUT2D eigenvalue weighted by molar-refractivity contribution is 7.99. The number of anilines is 1. The first-order valence-corrected chi connectivity index (χ1v) is 12.0. The standard InChI is InChI=1S/C26H29N5O2S/c1-19-7-5-8-21(15-19)25-27-28-26(31(25)17-23-9-6-14-33-23)34-18-24(32)30(4)16-20-10-12-22(13-11-20)29(2)3/h5-15H,16-18H2,1-4H3. The van der Waals surface area contributed by atoms with Crippen molar-refractivity contribution in [2.45, 2.75) is 25.2 Å². The van der Waals surface area contributed by atoms with Gasteiger partial charge in [0, 0.05) is 38.9 Å². The second-order valence-corrected chi connectivity index (χ2v) is 9.38. The molecule has 0 atom stereocenters. The summed E-state index contributed by atoms with van der Waals surface area (Å²) in [7, 11) is 5.85. The Bertz CT molecular complexity index is 1230. The maximum atomic E-state index is 12.9. The molecule has 8 heteroatoms. The molecule has 176 valence electrons. The fourth-order valence-electron chi connectivity index (χ4n) is 3.59. The molecule has 2 aromatic carbocycles. The van der Waals surface area contributed by atoms with Gasteiger partial charge in [0.1, 0.15) is 5.76 Å². The lowest BCUT2D eigenvalue weighted by Crippen LogP contribution is -2.28. The van der Waals surface area contributed by atoms with Crippen molar-refractivity contribution in [2.24, 2.45) is 0 Å². The summed E-state index contributed by atoms with van der Waals surface area (Å²) in [5, 5.41) is 9.53. The molecule has 0 aliphatic heterocycles. The molecule has 0 aliphatic carbocycles. The Morgan fingerprint density at radius 2 is 1.82 bits per heavy atom. The summed E-state index contributed by atoms with van der Waals surface area (Å²) < 4.78 is 7.57. The summed E-state index contributed by atoms with van der Waals surface area (Å²) in [6.07, 6.45) is 1.66. The average molecular weight is 476 g/mol. The van der Waals surface area contributed by atoms with Gasteiger partial charge < -0.3 is 14.2 Å². The van der Waals surface area contributed by atoms with Crippen LogP contribution in [0.2, 0.25) is 0 Å². The predicted octanol–water partition coefficient (Wildman–Crippen LogP) is 4.71. The van der Waals surface area contributed by atoms with Gasteiger partial charge in [-0.05, 0) is 42.8 Å². The van der Waals surface area contributed by atoms with E-state index >= 15 is 0 Å². The van der Waals surface area contributed by atoms with Gasteiger partial charge in [0.05, 0.1) is 18.6 Å². The summed E-state index contributed by atoms with van der Waals surface area (Å²) in [6.45, 7) is 3.10. The van der Waals surface area contributed by atoms with Crippen LogP contribution in [0.1, 0.15) is 16.9 Å². The molecule has 0 saturated heterocycles. The first kappa shape index (κ1) is 23.6. The second-order valence-electron chi connectivity index (χ2n) is 8.44. The summed E-state index contributed by atoms with van der Waals surface area (Å²) in [5.74, 6) is 1.87. The Morgan fingerprint density at radius 1 is 1.03 bits per heavy atom. The molecule has 0 N–H and O–H groups in total. The summed E-state index contributed by atoms with van der Waals surface area (Å²) >= 11 is 1.39. The Kier molecular flexibility index (Phi) is 7.37. The lowest BCUT2D eigenvalue weighted by molar-refractivity contribution is -0.127. The number of hydrogen-bond acceptors (Lipinski definition) is 6. The van der Waals surface area contributed by atoms with Crippen molar-refractivity contribution in [2.75, 3.05) is 31.8 Å². The van der Waals surface area contributed by atoms with Crippen molar-refractivity contribution in [3.8, 4) is 11.4 Å². The number of carbonyl (C=O) groups excluding carboxylic acids is 1. The van der Waals surface area contributed by atoms with Gasteiger partial charge in [-0.25, -0.2) is 0 Å². The number of furan rings is 1. The van der Waals surface area contributed by atoms with Crippen LogP contribution < -0.4 is 4.90 Å². The van der Waals surface area contributed by atoms with Crippen molar-refractivity contribution in [3.63, 3.8) is 0 Å². The van der Waals surface area contributed by atoms with E-state index in [2.05, 4.69) is 58.4 Å². The van der Waals surface area contributed by atoms with Crippen molar-refractivity contribution in [1.82, 2.24) is 19.7 Å².